The van der Waals surface area contributed by atoms with Gasteiger partial charge in [-0.25, -0.2) is 0 Å². The summed E-state index contributed by atoms with van der Waals surface area (Å²) in [6, 6.07) is 18.2. The van der Waals surface area contributed by atoms with Gasteiger partial charge in [-0.05, 0) is 55.1 Å². The number of nitrogens with zero attached hydrogens (tertiary/aromatic N) is 3. The fraction of sp³-hybridized carbons (Fsp3) is 0.286. The summed E-state index contributed by atoms with van der Waals surface area (Å²) in [5, 5.41) is 3.48. The molecule has 8 heteroatoms. The maximum Gasteiger partial charge on any atom is 0.255 e. The van der Waals surface area contributed by atoms with Crippen LogP contribution in [0.3, 0.4) is 0 Å². The van der Waals surface area contributed by atoms with Crippen molar-refractivity contribution in [2.24, 2.45) is 0 Å². The molecule has 0 spiro atoms. The first-order valence-electron chi connectivity index (χ1n) is 11.8. The second-order valence-corrected chi connectivity index (χ2v) is 9.51. The summed E-state index contributed by atoms with van der Waals surface area (Å²) >= 11 is 6.47. The monoisotopic (exact) mass is 506 g/mol. The third-order valence-electron chi connectivity index (χ3n) is 6.36. The van der Waals surface area contributed by atoms with Crippen LogP contribution in [0.25, 0.3) is 11.1 Å². The van der Waals surface area contributed by atoms with Crippen LogP contribution in [0.5, 0.6) is 5.75 Å². The molecule has 1 heterocycles. The lowest BCUT2D eigenvalue weighted by atomic mass is 10.0. The second kappa shape index (κ2) is 11.0. The van der Waals surface area contributed by atoms with E-state index in [0.29, 0.717) is 21.8 Å². The summed E-state index contributed by atoms with van der Waals surface area (Å²) in [7, 11) is 7.18. The summed E-state index contributed by atoms with van der Waals surface area (Å²) in [6.45, 7) is 3.76. The molecule has 3 aromatic rings. The van der Waals surface area contributed by atoms with E-state index in [1.807, 2.05) is 36.4 Å². The number of anilines is 2. The molecular weight excluding hydrogens is 476 g/mol. The molecule has 0 radical (unpaired) electrons. The number of hydrogen-bond donors (Lipinski definition) is 1. The molecule has 1 N–H and O–H groups in total. The van der Waals surface area contributed by atoms with Gasteiger partial charge in [0.05, 0.1) is 12.8 Å². The molecule has 0 saturated carbocycles. The van der Waals surface area contributed by atoms with Crippen molar-refractivity contribution in [2.75, 3.05) is 64.6 Å². The average molecular weight is 507 g/mol. The van der Waals surface area contributed by atoms with Gasteiger partial charge in [0, 0.05) is 67.7 Å². The van der Waals surface area contributed by atoms with Gasteiger partial charge in [-0.2, -0.15) is 0 Å². The number of halogens is 1. The first-order valence-corrected chi connectivity index (χ1v) is 12.2. The van der Waals surface area contributed by atoms with E-state index in [1.54, 1.807) is 45.5 Å². The van der Waals surface area contributed by atoms with Crippen molar-refractivity contribution in [2.45, 2.75) is 0 Å². The zero-order valence-corrected chi connectivity index (χ0v) is 21.8. The molecular formula is C28H31ClN4O3. The Bertz CT molecular complexity index is 1250. The summed E-state index contributed by atoms with van der Waals surface area (Å²) in [6.07, 6.45) is 0. The van der Waals surface area contributed by atoms with Crippen LogP contribution in [0.2, 0.25) is 5.02 Å². The van der Waals surface area contributed by atoms with Crippen LogP contribution in [0.15, 0.2) is 60.7 Å². The number of piperazine rings is 1. The summed E-state index contributed by atoms with van der Waals surface area (Å²) in [5.41, 5.74) is 4.41. The van der Waals surface area contributed by atoms with Crippen molar-refractivity contribution in [1.29, 1.82) is 0 Å². The number of nitrogens with one attached hydrogen (secondary N) is 1. The number of benzene rings is 3. The van der Waals surface area contributed by atoms with Crippen LogP contribution in [0.4, 0.5) is 11.4 Å². The Morgan fingerprint density at radius 1 is 0.917 bits per heavy atom. The Hall–Kier alpha value is -3.55. The number of rotatable bonds is 6. The first-order chi connectivity index (χ1) is 17.3. The number of carbonyl (C=O) groups is 2. The predicted molar refractivity (Wildman–Crippen MR) is 146 cm³/mol. The van der Waals surface area contributed by atoms with Crippen LogP contribution in [0.1, 0.15) is 20.7 Å². The van der Waals surface area contributed by atoms with Gasteiger partial charge in [-0.15, -0.1) is 0 Å². The van der Waals surface area contributed by atoms with E-state index in [1.165, 1.54) is 4.90 Å². The Kier molecular flexibility index (Phi) is 7.82. The Morgan fingerprint density at radius 3 is 2.19 bits per heavy atom. The van der Waals surface area contributed by atoms with Crippen molar-refractivity contribution >= 4 is 34.8 Å². The van der Waals surface area contributed by atoms with Crippen LogP contribution in [-0.4, -0.2) is 76.0 Å². The van der Waals surface area contributed by atoms with Crippen molar-refractivity contribution in [3.05, 3.63) is 76.8 Å². The van der Waals surface area contributed by atoms with E-state index < -0.39 is 0 Å². The average Bonchev–Trinajstić information content (AvgIpc) is 2.88. The largest absolute Gasteiger partial charge is 0.495 e. The number of amides is 2. The lowest BCUT2D eigenvalue weighted by Gasteiger charge is -2.34. The predicted octanol–water partition coefficient (Wildman–Crippen LogP) is 4.72. The molecule has 1 saturated heterocycles. The molecule has 4 rings (SSSR count). The van der Waals surface area contributed by atoms with Gasteiger partial charge in [0.2, 0.25) is 0 Å². The molecule has 7 nitrogen and oxygen atoms in total. The normalized spacial score (nSPS) is 13.9. The summed E-state index contributed by atoms with van der Waals surface area (Å²) < 4.78 is 5.57. The highest BCUT2D eigenvalue weighted by Gasteiger charge is 2.19. The highest BCUT2D eigenvalue weighted by Crippen LogP contribution is 2.33. The first kappa shape index (κ1) is 25.5. The van der Waals surface area contributed by atoms with Gasteiger partial charge in [0.15, 0.2) is 0 Å². The van der Waals surface area contributed by atoms with Gasteiger partial charge in [-0.1, -0.05) is 29.8 Å². The van der Waals surface area contributed by atoms with Crippen LogP contribution in [0, 0.1) is 0 Å². The van der Waals surface area contributed by atoms with Crippen molar-refractivity contribution in [3.8, 4) is 16.9 Å². The van der Waals surface area contributed by atoms with E-state index >= 15 is 0 Å². The second-order valence-electron chi connectivity index (χ2n) is 9.10. The Labute approximate surface area is 217 Å². The summed E-state index contributed by atoms with van der Waals surface area (Å²) in [4.78, 5) is 31.2. The molecule has 0 aliphatic carbocycles. The minimum atomic E-state index is -0.200. The minimum Gasteiger partial charge on any atom is -0.495 e. The Morgan fingerprint density at radius 2 is 1.58 bits per heavy atom. The molecule has 1 fully saturated rings. The molecule has 1 aliphatic rings. The molecule has 0 aromatic heterocycles. The fourth-order valence-corrected chi connectivity index (χ4v) is 4.50. The van der Waals surface area contributed by atoms with Crippen molar-refractivity contribution < 1.29 is 14.3 Å². The van der Waals surface area contributed by atoms with E-state index in [0.717, 1.165) is 48.7 Å². The van der Waals surface area contributed by atoms with Crippen LogP contribution in [-0.2, 0) is 0 Å². The highest BCUT2D eigenvalue weighted by molar-refractivity contribution is 6.33. The highest BCUT2D eigenvalue weighted by atomic mass is 35.5. The smallest absolute Gasteiger partial charge is 0.255 e. The molecule has 0 atom stereocenters. The van der Waals surface area contributed by atoms with E-state index in [2.05, 4.69) is 22.2 Å². The van der Waals surface area contributed by atoms with Gasteiger partial charge in [0.1, 0.15) is 5.75 Å². The van der Waals surface area contributed by atoms with Crippen LogP contribution >= 0.6 is 11.6 Å². The zero-order valence-electron chi connectivity index (χ0n) is 21.0. The lowest BCUT2D eigenvalue weighted by molar-refractivity contribution is 0.0827. The Balaban J connectivity index is 1.49. The van der Waals surface area contributed by atoms with E-state index in [-0.39, 0.29) is 11.8 Å². The summed E-state index contributed by atoms with van der Waals surface area (Å²) in [5.74, 6) is 0.482. The minimum absolute atomic E-state index is 0.107. The van der Waals surface area contributed by atoms with Gasteiger partial charge < -0.3 is 24.8 Å². The molecule has 36 heavy (non-hydrogen) atoms. The number of likely N-dealkylation sites (N-methyl/N-ethyl adjacent to an activating group) is 1. The molecule has 0 unspecified atom stereocenters. The SMILES string of the molecule is COc1ccc(NC(=O)c2ccc(-c3ccc(C(=O)N(C)C)cc3Cl)cc2)cc1N1CCN(C)CC1. The van der Waals surface area contributed by atoms with Gasteiger partial charge >= 0.3 is 0 Å². The molecule has 1 aliphatic heterocycles. The molecule has 3 aromatic carbocycles. The van der Waals surface area contributed by atoms with E-state index in [4.69, 9.17) is 16.3 Å². The zero-order chi connectivity index (χ0) is 25.8. The lowest BCUT2D eigenvalue weighted by Crippen LogP contribution is -2.44. The third kappa shape index (κ3) is 5.64. The number of methoxy groups -OCH3 is 1. The number of carbonyl (C=O) groups excluding carboxylic acids is 2. The topological polar surface area (TPSA) is 65.1 Å². The van der Waals surface area contributed by atoms with Crippen LogP contribution < -0.4 is 15.0 Å². The quantitative estimate of drug-likeness (QED) is 0.524. The maximum atomic E-state index is 13.0. The molecule has 0 bridgehead atoms. The standard InChI is InChI=1S/C28H31ClN4O3/c1-31(2)28(35)21-9-11-23(24(29)17-21)19-5-7-20(8-6-19)27(34)30-22-10-12-26(36-4)25(18-22)33-15-13-32(3)14-16-33/h5-12,17-18H,13-16H2,1-4H3,(H,30,34). The number of hydrogen-bond acceptors (Lipinski definition) is 5. The van der Waals surface area contributed by atoms with E-state index in [9.17, 15) is 9.59 Å². The number of ether oxygens (including phenoxy) is 1. The van der Waals surface area contributed by atoms with Gasteiger partial charge in [0.25, 0.3) is 11.8 Å². The van der Waals surface area contributed by atoms with Crippen molar-refractivity contribution in [1.82, 2.24) is 9.80 Å². The molecule has 2 amide bonds. The fourth-order valence-electron chi connectivity index (χ4n) is 4.21. The maximum absolute atomic E-state index is 13.0. The van der Waals surface area contributed by atoms with Gasteiger partial charge in [-0.3, -0.25) is 9.59 Å². The third-order valence-corrected chi connectivity index (χ3v) is 6.67. The molecule has 188 valence electrons. The van der Waals surface area contributed by atoms with Crippen molar-refractivity contribution in [3.63, 3.8) is 0 Å².